The zero-order chi connectivity index (χ0) is 27.7. The maximum Gasteiger partial charge on any atom is 0.315 e. The van der Waals surface area contributed by atoms with Crippen molar-refractivity contribution in [1.82, 2.24) is 21.3 Å². The van der Waals surface area contributed by atoms with Crippen LogP contribution in [0.25, 0.3) is 10.4 Å². The Kier molecular flexibility index (Phi) is 13.7. The normalized spacial score (nSPS) is 19.5. The van der Waals surface area contributed by atoms with Gasteiger partial charge >= 0.3 is 6.03 Å². The van der Waals surface area contributed by atoms with Crippen molar-refractivity contribution in [1.29, 1.82) is 0 Å². The lowest BCUT2D eigenvalue weighted by molar-refractivity contribution is -0.121. The second kappa shape index (κ2) is 17.5. The topological polar surface area (TPSA) is 176 Å². The molecule has 3 unspecified atom stereocenters. The number of rotatable bonds is 19. The Labute approximate surface area is 232 Å². The van der Waals surface area contributed by atoms with Crippen LogP contribution in [0.2, 0.25) is 0 Å². The fourth-order valence-corrected chi connectivity index (χ4v) is 5.78. The monoisotopic (exact) mass is 563 g/mol. The maximum absolute atomic E-state index is 12.0. The summed E-state index contributed by atoms with van der Waals surface area (Å²) in [4.78, 5) is 38.1. The van der Waals surface area contributed by atoms with Gasteiger partial charge in [-0.1, -0.05) is 23.7 Å². The summed E-state index contributed by atoms with van der Waals surface area (Å²) in [6.45, 7) is 3.28. The number of nitrogens with one attached hydrogen (secondary N) is 4. The molecule has 3 atom stereocenters. The van der Waals surface area contributed by atoms with Crippen molar-refractivity contribution >= 4 is 35.3 Å². The highest BCUT2D eigenvalue weighted by Gasteiger charge is 2.42. The van der Waals surface area contributed by atoms with E-state index in [2.05, 4.69) is 31.3 Å². The third kappa shape index (κ3) is 11.3. The van der Waals surface area contributed by atoms with Crippen molar-refractivity contribution in [3.05, 3.63) is 40.3 Å². The Balaban J connectivity index is 1.05. The highest BCUT2D eigenvalue weighted by atomic mass is 32.2. The third-order valence-corrected chi connectivity index (χ3v) is 7.72. The molecule has 4 amide bonds. The van der Waals surface area contributed by atoms with Gasteiger partial charge in [-0.25, -0.2) is 4.79 Å². The minimum atomic E-state index is -0.230. The molecule has 0 saturated carbocycles. The third-order valence-electron chi connectivity index (χ3n) is 6.21. The van der Waals surface area contributed by atoms with Crippen molar-refractivity contribution in [2.45, 2.75) is 43.0 Å². The van der Waals surface area contributed by atoms with Crippen molar-refractivity contribution in [3.8, 4) is 0 Å². The first kappa shape index (κ1) is 30.5. The predicted octanol–water partition coefficient (Wildman–Crippen LogP) is 2.25. The maximum atomic E-state index is 12.0. The number of carbonyl (C=O) groups excluding carboxylic acids is 3. The van der Waals surface area contributed by atoms with Crippen LogP contribution in [-0.4, -0.2) is 93.7 Å². The second-order valence-corrected chi connectivity index (χ2v) is 10.3. The van der Waals surface area contributed by atoms with Gasteiger partial charge in [0.2, 0.25) is 5.91 Å². The number of fused-ring (bicyclic) bond motifs is 1. The van der Waals surface area contributed by atoms with Crippen LogP contribution in [-0.2, 0) is 19.0 Å². The molecule has 1 aromatic carbocycles. The van der Waals surface area contributed by atoms with Gasteiger partial charge in [0.1, 0.15) is 0 Å². The first-order chi connectivity index (χ1) is 19.1. The van der Waals surface area contributed by atoms with Crippen molar-refractivity contribution in [2.24, 2.45) is 5.11 Å². The number of azide groups is 1. The minimum Gasteiger partial charge on any atom is -0.377 e. The number of hydrogen-bond acceptors (Lipinski definition) is 8. The average Bonchev–Trinajstić information content (AvgIpc) is 3.49. The van der Waals surface area contributed by atoms with Gasteiger partial charge in [0.05, 0.1) is 51.7 Å². The number of thioether (sulfide) groups is 1. The van der Waals surface area contributed by atoms with E-state index in [0.29, 0.717) is 75.7 Å². The molecule has 0 aromatic heterocycles. The molecule has 0 bridgehead atoms. The molecule has 1 aromatic rings. The molecule has 2 aliphatic rings. The first-order valence-electron chi connectivity index (χ1n) is 13.2. The molecule has 214 valence electrons. The van der Waals surface area contributed by atoms with Crippen LogP contribution in [0.5, 0.6) is 0 Å². The van der Waals surface area contributed by atoms with Gasteiger partial charge < -0.3 is 35.5 Å². The quantitative estimate of drug-likeness (QED) is 0.0656. The van der Waals surface area contributed by atoms with E-state index in [1.165, 1.54) is 0 Å². The standard InChI is InChI=1S/C25H37N7O6S/c26-32-31-19-7-5-18(6-8-19)24(34)28-10-12-37-14-16-38-15-13-36-11-9-27-22(33)4-2-1-3-21-23-20(17-39-21)29-25(35)30-23/h5-8,20-21,23H,1-4,9-17H2,(H,27,33)(H,28,34)(H2,29,30,35). The average molecular weight is 564 g/mol. The Morgan fingerprint density at radius 2 is 1.64 bits per heavy atom. The summed E-state index contributed by atoms with van der Waals surface area (Å²) in [5, 5.41) is 15.4. The number of carbonyl (C=O) groups is 3. The number of hydrogen-bond donors (Lipinski definition) is 4. The molecule has 2 aliphatic heterocycles. The lowest BCUT2D eigenvalue weighted by atomic mass is 10.0. The fourth-order valence-electron chi connectivity index (χ4n) is 4.24. The molecular formula is C25H37N7O6S. The molecule has 2 heterocycles. The number of amides is 4. The van der Waals surface area contributed by atoms with E-state index in [1.807, 2.05) is 11.8 Å². The predicted molar refractivity (Wildman–Crippen MR) is 147 cm³/mol. The summed E-state index contributed by atoms with van der Waals surface area (Å²) in [7, 11) is 0. The Morgan fingerprint density at radius 3 is 2.33 bits per heavy atom. The smallest absolute Gasteiger partial charge is 0.315 e. The number of nitrogens with zero attached hydrogens (tertiary/aromatic N) is 3. The number of unbranched alkanes of at least 4 members (excludes halogenated alkanes) is 1. The summed E-state index contributed by atoms with van der Waals surface area (Å²) in [6.07, 6.45) is 3.29. The molecule has 14 heteroatoms. The minimum absolute atomic E-state index is 0.0270. The van der Waals surface area contributed by atoms with Gasteiger partial charge in [-0.2, -0.15) is 11.8 Å². The van der Waals surface area contributed by atoms with Gasteiger partial charge in [-0.15, -0.1) is 0 Å². The van der Waals surface area contributed by atoms with E-state index in [-0.39, 0.29) is 29.9 Å². The van der Waals surface area contributed by atoms with Gasteiger partial charge in [0, 0.05) is 46.7 Å². The Hall–Kier alpha value is -3.03. The van der Waals surface area contributed by atoms with E-state index >= 15 is 0 Å². The van der Waals surface area contributed by atoms with Gasteiger partial charge in [-0.05, 0) is 30.5 Å². The summed E-state index contributed by atoms with van der Waals surface area (Å²) in [5.41, 5.74) is 9.32. The van der Waals surface area contributed by atoms with Gasteiger partial charge in [-0.3, -0.25) is 9.59 Å². The highest BCUT2D eigenvalue weighted by Crippen LogP contribution is 2.33. The fraction of sp³-hybridized carbons (Fsp3) is 0.640. The molecule has 13 nitrogen and oxygen atoms in total. The molecule has 39 heavy (non-hydrogen) atoms. The van der Waals surface area contributed by atoms with Crippen molar-refractivity contribution in [3.63, 3.8) is 0 Å². The summed E-state index contributed by atoms with van der Waals surface area (Å²) >= 11 is 1.89. The van der Waals surface area contributed by atoms with Crippen LogP contribution < -0.4 is 21.3 Å². The summed E-state index contributed by atoms with van der Waals surface area (Å²) < 4.78 is 16.3. The van der Waals surface area contributed by atoms with Crippen LogP contribution in [0.15, 0.2) is 29.4 Å². The SMILES string of the molecule is [N-]=[N+]=Nc1ccc(C(=O)NCCOCCOCCOCCNC(=O)CCCCC2SCC3NC(=O)NC32)cc1. The van der Waals surface area contributed by atoms with Crippen molar-refractivity contribution in [2.75, 3.05) is 58.5 Å². The molecule has 0 spiro atoms. The second-order valence-electron chi connectivity index (χ2n) is 9.05. The number of benzene rings is 1. The molecule has 0 radical (unpaired) electrons. The Bertz CT molecular complexity index is 976. The van der Waals surface area contributed by atoms with Gasteiger partial charge in [0.15, 0.2) is 0 Å². The Morgan fingerprint density at radius 1 is 0.974 bits per heavy atom. The van der Waals surface area contributed by atoms with Crippen molar-refractivity contribution < 1.29 is 28.6 Å². The number of ether oxygens (including phenoxy) is 3. The zero-order valence-electron chi connectivity index (χ0n) is 21.9. The zero-order valence-corrected chi connectivity index (χ0v) is 22.7. The van der Waals surface area contributed by atoms with E-state index in [4.69, 9.17) is 19.7 Å². The van der Waals surface area contributed by atoms with Crippen LogP contribution >= 0.6 is 11.8 Å². The highest BCUT2D eigenvalue weighted by molar-refractivity contribution is 8.00. The number of urea groups is 1. The van der Waals surface area contributed by atoms with E-state index < -0.39 is 0 Å². The molecule has 0 aliphatic carbocycles. The first-order valence-corrected chi connectivity index (χ1v) is 14.2. The lowest BCUT2D eigenvalue weighted by Crippen LogP contribution is -2.36. The van der Waals surface area contributed by atoms with Crippen LogP contribution in [0.4, 0.5) is 10.5 Å². The van der Waals surface area contributed by atoms with Crippen LogP contribution in [0, 0.1) is 0 Å². The summed E-state index contributed by atoms with van der Waals surface area (Å²) in [5.74, 6) is 0.750. The molecule has 4 N–H and O–H groups in total. The van der Waals surface area contributed by atoms with E-state index in [0.717, 1.165) is 25.0 Å². The summed E-state index contributed by atoms with van der Waals surface area (Å²) in [6, 6.07) is 6.73. The molecular weight excluding hydrogens is 526 g/mol. The van der Waals surface area contributed by atoms with Crippen LogP contribution in [0.1, 0.15) is 36.0 Å². The van der Waals surface area contributed by atoms with E-state index in [9.17, 15) is 14.4 Å². The molecule has 2 fully saturated rings. The largest absolute Gasteiger partial charge is 0.377 e. The van der Waals surface area contributed by atoms with Gasteiger partial charge in [0.25, 0.3) is 5.91 Å². The molecule has 2 saturated heterocycles. The lowest BCUT2D eigenvalue weighted by Gasteiger charge is -2.16. The van der Waals surface area contributed by atoms with E-state index in [1.54, 1.807) is 24.3 Å². The van der Waals surface area contributed by atoms with Crippen LogP contribution in [0.3, 0.4) is 0 Å². The molecule has 3 rings (SSSR count).